The minimum absolute atomic E-state index is 0.0607. The van der Waals surface area contributed by atoms with E-state index in [4.69, 9.17) is 11.1 Å². The van der Waals surface area contributed by atoms with E-state index < -0.39 is 11.8 Å². The van der Waals surface area contributed by atoms with Crippen molar-refractivity contribution in [2.24, 2.45) is 4.99 Å². The van der Waals surface area contributed by atoms with Crippen molar-refractivity contribution in [2.75, 3.05) is 18.4 Å². The number of carbonyl (C=O) groups is 1. The number of rotatable bonds is 9. The third-order valence-electron chi connectivity index (χ3n) is 3.96. The number of hydrogen-bond acceptors (Lipinski definition) is 9. The Bertz CT molecular complexity index is 1170. The van der Waals surface area contributed by atoms with Crippen LogP contribution in [0.15, 0.2) is 38.5 Å². The first kappa shape index (κ1) is 23.6. The van der Waals surface area contributed by atoms with E-state index in [0.717, 1.165) is 0 Å². The number of terminal acetylenes is 1. The Balaban J connectivity index is 1.56. The van der Waals surface area contributed by atoms with Gasteiger partial charge < -0.3 is 16.0 Å². The molecular weight excluding hydrogens is 503 g/mol. The first-order valence-corrected chi connectivity index (χ1v) is 10.1. The van der Waals surface area contributed by atoms with Crippen LogP contribution in [0, 0.1) is 18.2 Å². The van der Waals surface area contributed by atoms with Crippen LogP contribution in [0.5, 0.6) is 0 Å². The summed E-state index contributed by atoms with van der Waals surface area (Å²) in [7, 11) is 0. The molecule has 2 amide bonds. The van der Waals surface area contributed by atoms with Crippen LogP contribution in [0.2, 0.25) is 0 Å². The summed E-state index contributed by atoms with van der Waals surface area (Å²) in [4.78, 5) is 15.7. The van der Waals surface area contributed by atoms with Crippen LogP contribution in [-0.2, 0) is 13.1 Å². The zero-order valence-electron chi connectivity index (χ0n) is 16.9. The molecule has 13 nitrogen and oxygen atoms in total. The highest BCUT2D eigenvalue weighted by atomic mass is 79.9. The molecule has 0 unspecified atom stereocenters. The molecule has 0 saturated heterocycles. The van der Waals surface area contributed by atoms with Gasteiger partial charge in [0.15, 0.2) is 11.5 Å². The standard InChI is InChI=1S/C18H18BrFN10O3/c1-2-5-22-18(31)23-9-12-10-30(29-25-12)7-6-21-16-15(27-33-28-16)17(26-32)24-11-3-4-14(20)13(19)8-11/h1,3-4,8,10,32H,5-7,9H2,(H,21,28)(H,24,26)(H2,22,23,31). The normalized spacial score (nSPS) is 11.0. The summed E-state index contributed by atoms with van der Waals surface area (Å²) in [5, 5.41) is 33.0. The summed E-state index contributed by atoms with van der Waals surface area (Å²) in [5.41, 5.74) is 2.95. The monoisotopic (exact) mass is 520 g/mol. The first-order chi connectivity index (χ1) is 16.0. The molecular formula is C18H18BrFN10O3. The number of carbonyl (C=O) groups excluding carboxylic acids is 1. The lowest BCUT2D eigenvalue weighted by Gasteiger charge is -2.06. The lowest BCUT2D eigenvalue weighted by molar-refractivity contribution is 0.234. The molecule has 172 valence electrons. The molecule has 2 aromatic heterocycles. The minimum atomic E-state index is -0.447. The van der Waals surface area contributed by atoms with Crippen LogP contribution in [0.4, 0.5) is 20.7 Å². The van der Waals surface area contributed by atoms with Crippen molar-refractivity contribution in [1.29, 1.82) is 0 Å². The zero-order chi connectivity index (χ0) is 23.6. The third kappa shape index (κ3) is 6.72. The number of aliphatic imine (C=N–C) groups is 1. The van der Waals surface area contributed by atoms with Crippen molar-refractivity contribution in [2.45, 2.75) is 13.1 Å². The molecule has 15 heteroatoms. The van der Waals surface area contributed by atoms with Crippen LogP contribution >= 0.6 is 15.9 Å². The number of benzene rings is 1. The Labute approximate surface area is 194 Å². The van der Waals surface area contributed by atoms with Gasteiger partial charge in [0.05, 0.1) is 36.0 Å². The van der Waals surface area contributed by atoms with E-state index in [-0.39, 0.29) is 34.9 Å². The summed E-state index contributed by atoms with van der Waals surface area (Å²) in [6.07, 6.45) is 6.74. The summed E-state index contributed by atoms with van der Waals surface area (Å²) in [6, 6.07) is 3.68. The average molecular weight is 521 g/mol. The van der Waals surface area contributed by atoms with Crippen molar-refractivity contribution in [1.82, 2.24) is 41.4 Å². The molecule has 0 aliphatic rings. The van der Waals surface area contributed by atoms with Gasteiger partial charge in [-0.1, -0.05) is 11.1 Å². The lowest BCUT2D eigenvalue weighted by atomic mass is 10.3. The molecule has 0 fully saturated rings. The quantitative estimate of drug-likeness (QED) is 0.120. The van der Waals surface area contributed by atoms with Gasteiger partial charge in [0.25, 0.3) is 0 Å². The van der Waals surface area contributed by atoms with Crippen LogP contribution in [0.25, 0.3) is 0 Å². The number of aromatic nitrogens is 5. The topological polar surface area (TPSA) is 167 Å². The Morgan fingerprint density at radius 3 is 2.97 bits per heavy atom. The van der Waals surface area contributed by atoms with Crippen LogP contribution in [-0.4, -0.2) is 55.5 Å². The zero-order valence-corrected chi connectivity index (χ0v) is 18.5. The van der Waals surface area contributed by atoms with E-state index >= 15 is 0 Å². The number of urea groups is 1. The lowest BCUT2D eigenvalue weighted by Crippen LogP contribution is -2.35. The molecule has 0 spiro atoms. The maximum absolute atomic E-state index is 13.4. The molecule has 0 bridgehead atoms. The van der Waals surface area contributed by atoms with Gasteiger partial charge in [-0.3, -0.25) is 15.4 Å². The number of nitrogens with one attached hydrogen (secondary N) is 4. The molecule has 3 rings (SSSR count). The molecule has 0 radical (unpaired) electrons. The van der Waals surface area contributed by atoms with Crippen LogP contribution in [0.1, 0.15) is 11.4 Å². The van der Waals surface area contributed by atoms with Crippen molar-refractivity contribution >= 4 is 39.3 Å². The van der Waals surface area contributed by atoms with Crippen LogP contribution in [0.3, 0.4) is 0 Å². The highest BCUT2D eigenvalue weighted by molar-refractivity contribution is 9.10. The number of hydrogen-bond donors (Lipinski definition) is 5. The Hall–Kier alpha value is -4.03. The predicted molar refractivity (Wildman–Crippen MR) is 117 cm³/mol. The summed E-state index contributed by atoms with van der Waals surface area (Å²) in [6.45, 7) is 1.05. The second-order valence-electron chi connectivity index (χ2n) is 6.27. The summed E-state index contributed by atoms with van der Waals surface area (Å²) in [5.74, 6) is 2.00. The summed E-state index contributed by atoms with van der Waals surface area (Å²) < 4.78 is 19.9. The number of amides is 2. The Morgan fingerprint density at radius 2 is 2.21 bits per heavy atom. The molecule has 0 aliphatic carbocycles. The molecule has 1 aromatic carbocycles. The Morgan fingerprint density at radius 1 is 1.36 bits per heavy atom. The van der Waals surface area contributed by atoms with Gasteiger partial charge >= 0.3 is 6.03 Å². The molecule has 33 heavy (non-hydrogen) atoms. The smallest absolute Gasteiger partial charge is 0.315 e. The van der Waals surface area contributed by atoms with Gasteiger partial charge in [-0.15, -0.1) is 11.5 Å². The van der Waals surface area contributed by atoms with E-state index in [1.165, 1.54) is 18.2 Å². The van der Waals surface area contributed by atoms with E-state index in [1.54, 1.807) is 10.9 Å². The SMILES string of the molecule is C#CCNC(=O)NCc1cn(CCNc2nonc2C(=Nc2ccc(F)c(Br)c2)NO)nn1. The van der Waals surface area contributed by atoms with Gasteiger partial charge in [0, 0.05) is 6.54 Å². The number of hydroxylamine groups is 1. The fraction of sp³-hybridized carbons (Fsp3) is 0.222. The highest BCUT2D eigenvalue weighted by Gasteiger charge is 2.17. The van der Waals surface area contributed by atoms with Gasteiger partial charge in [0.2, 0.25) is 5.82 Å². The first-order valence-electron chi connectivity index (χ1n) is 9.35. The van der Waals surface area contributed by atoms with Crippen molar-refractivity contribution < 1.29 is 19.0 Å². The second kappa shape index (κ2) is 11.5. The van der Waals surface area contributed by atoms with Gasteiger partial charge in [0.1, 0.15) is 11.5 Å². The number of anilines is 1. The maximum atomic E-state index is 13.4. The Kier molecular flexibility index (Phi) is 8.27. The second-order valence-corrected chi connectivity index (χ2v) is 7.13. The van der Waals surface area contributed by atoms with E-state index in [2.05, 4.69) is 63.4 Å². The van der Waals surface area contributed by atoms with Gasteiger partial charge in [-0.2, -0.15) is 0 Å². The molecule has 0 atom stereocenters. The van der Waals surface area contributed by atoms with E-state index in [9.17, 15) is 14.4 Å². The molecule has 2 heterocycles. The molecule has 0 saturated carbocycles. The van der Waals surface area contributed by atoms with Crippen molar-refractivity contribution in [3.05, 3.63) is 46.1 Å². The minimum Gasteiger partial charge on any atom is -0.363 e. The fourth-order valence-electron chi connectivity index (χ4n) is 2.46. The van der Waals surface area contributed by atoms with Gasteiger partial charge in [-0.25, -0.2) is 18.8 Å². The van der Waals surface area contributed by atoms with Crippen molar-refractivity contribution in [3.8, 4) is 12.3 Å². The number of nitrogens with zero attached hydrogens (tertiary/aromatic N) is 6. The molecule has 3 aromatic rings. The van der Waals surface area contributed by atoms with Gasteiger partial charge in [-0.05, 0) is 44.4 Å². The predicted octanol–water partition coefficient (Wildman–Crippen LogP) is 1.16. The number of amidine groups is 1. The average Bonchev–Trinajstić information content (AvgIpc) is 3.46. The third-order valence-corrected chi connectivity index (χ3v) is 4.57. The van der Waals surface area contributed by atoms with E-state index in [1.807, 2.05) is 5.48 Å². The molecule has 0 aliphatic heterocycles. The van der Waals surface area contributed by atoms with E-state index in [0.29, 0.717) is 24.5 Å². The van der Waals surface area contributed by atoms with Crippen molar-refractivity contribution in [3.63, 3.8) is 0 Å². The summed E-state index contributed by atoms with van der Waals surface area (Å²) >= 11 is 3.08. The molecule has 5 N–H and O–H groups in total. The largest absolute Gasteiger partial charge is 0.363 e. The maximum Gasteiger partial charge on any atom is 0.315 e. The van der Waals surface area contributed by atoms with Crippen LogP contribution < -0.4 is 21.4 Å². The highest BCUT2D eigenvalue weighted by Crippen LogP contribution is 2.23. The fourth-order valence-corrected chi connectivity index (χ4v) is 2.82. The number of halogens is 2.